The van der Waals surface area contributed by atoms with Gasteiger partial charge in [0.1, 0.15) is 0 Å². The highest BCUT2D eigenvalue weighted by atomic mass is 35.5. The van der Waals surface area contributed by atoms with Crippen LogP contribution in [0.25, 0.3) is 0 Å². The lowest BCUT2D eigenvalue weighted by Gasteiger charge is -2.13. The van der Waals surface area contributed by atoms with Crippen molar-refractivity contribution >= 4 is 47.2 Å². The summed E-state index contributed by atoms with van der Waals surface area (Å²) in [7, 11) is 0. The molecule has 0 bridgehead atoms. The van der Waals surface area contributed by atoms with E-state index in [-0.39, 0.29) is 19.0 Å². The molecule has 0 amide bonds. The van der Waals surface area contributed by atoms with Crippen LogP contribution in [-0.4, -0.2) is 11.7 Å². The van der Waals surface area contributed by atoms with E-state index in [2.05, 4.69) is 0 Å². The third kappa shape index (κ3) is 2.89. The minimum Gasteiger partial charge on any atom is -0.394 e. The summed E-state index contributed by atoms with van der Waals surface area (Å²) in [6.45, 7) is -0.222. The fourth-order valence-corrected chi connectivity index (χ4v) is 1.79. The fourth-order valence-electron chi connectivity index (χ4n) is 0.974. The van der Waals surface area contributed by atoms with E-state index in [0.29, 0.717) is 20.6 Å². The van der Waals surface area contributed by atoms with Crippen molar-refractivity contribution in [2.75, 3.05) is 6.61 Å². The molecule has 0 unspecified atom stereocenters. The van der Waals surface area contributed by atoms with E-state index in [9.17, 15) is 0 Å². The molecule has 0 aromatic heterocycles. The SMILES string of the molecule is Cl.N[C@@H](CO)c1c(Cl)ccc(Cl)c1Cl. The Bertz CT molecular complexity index is 318. The van der Waals surface area contributed by atoms with Gasteiger partial charge in [0, 0.05) is 10.6 Å². The van der Waals surface area contributed by atoms with Crippen molar-refractivity contribution in [1.82, 2.24) is 0 Å². The Labute approximate surface area is 103 Å². The van der Waals surface area contributed by atoms with Crippen molar-refractivity contribution in [3.63, 3.8) is 0 Å². The Morgan fingerprint density at radius 1 is 1.21 bits per heavy atom. The second-order valence-electron chi connectivity index (χ2n) is 2.55. The molecule has 14 heavy (non-hydrogen) atoms. The smallest absolute Gasteiger partial charge is 0.0655 e. The number of nitrogens with two attached hydrogens (primary N) is 1. The Hall–Kier alpha value is 0.300. The second kappa shape index (κ2) is 6.01. The number of hydrogen-bond donors (Lipinski definition) is 2. The van der Waals surface area contributed by atoms with Crippen molar-refractivity contribution in [3.8, 4) is 0 Å². The Morgan fingerprint density at radius 3 is 2.21 bits per heavy atom. The van der Waals surface area contributed by atoms with Gasteiger partial charge < -0.3 is 10.8 Å². The quantitative estimate of drug-likeness (QED) is 0.816. The van der Waals surface area contributed by atoms with Crippen LogP contribution < -0.4 is 5.73 Å². The highest BCUT2D eigenvalue weighted by molar-refractivity contribution is 6.44. The number of rotatable bonds is 2. The van der Waals surface area contributed by atoms with Crippen LogP contribution in [0.5, 0.6) is 0 Å². The molecule has 0 saturated heterocycles. The Morgan fingerprint density at radius 2 is 1.71 bits per heavy atom. The molecule has 3 N–H and O–H groups in total. The summed E-state index contributed by atoms with van der Waals surface area (Å²) < 4.78 is 0. The summed E-state index contributed by atoms with van der Waals surface area (Å²) in [6.07, 6.45) is 0. The van der Waals surface area contributed by atoms with Crippen LogP contribution in [-0.2, 0) is 0 Å². The molecule has 6 heteroatoms. The predicted molar refractivity (Wildman–Crippen MR) is 62.7 cm³/mol. The van der Waals surface area contributed by atoms with Crippen LogP contribution in [0.1, 0.15) is 11.6 Å². The van der Waals surface area contributed by atoms with E-state index in [4.69, 9.17) is 45.6 Å². The number of benzene rings is 1. The summed E-state index contributed by atoms with van der Waals surface area (Å²) >= 11 is 17.5. The van der Waals surface area contributed by atoms with Crippen LogP contribution in [0, 0.1) is 0 Å². The topological polar surface area (TPSA) is 46.2 Å². The largest absolute Gasteiger partial charge is 0.394 e. The lowest BCUT2D eigenvalue weighted by atomic mass is 10.1. The summed E-state index contributed by atoms with van der Waals surface area (Å²) in [6, 6.07) is 2.58. The van der Waals surface area contributed by atoms with Crippen LogP contribution in [0.3, 0.4) is 0 Å². The van der Waals surface area contributed by atoms with Crippen LogP contribution >= 0.6 is 47.2 Å². The summed E-state index contributed by atoms with van der Waals surface area (Å²) in [5.74, 6) is 0. The molecular weight excluding hydrogens is 268 g/mol. The third-order valence-corrected chi connectivity index (χ3v) is 2.80. The van der Waals surface area contributed by atoms with Crippen LogP contribution in [0.4, 0.5) is 0 Å². The zero-order valence-electron chi connectivity index (χ0n) is 7.01. The fraction of sp³-hybridized carbons (Fsp3) is 0.250. The van der Waals surface area contributed by atoms with E-state index in [1.54, 1.807) is 12.1 Å². The zero-order valence-corrected chi connectivity index (χ0v) is 10.1. The second-order valence-corrected chi connectivity index (χ2v) is 3.74. The Kier molecular flexibility index (Phi) is 6.14. The maximum atomic E-state index is 8.84. The van der Waals surface area contributed by atoms with Gasteiger partial charge in [0.05, 0.1) is 22.7 Å². The maximum Gasteiger partial charge on any atom is 0.0655 e. The molecule has 1 atom stereocenters. The predicted octanol–water partition coefficient (Wildman–Crippen LogP) is 3.06. The van der Waals surface area contributed by atoms with Gasteiger partial charge in [-0.2, -0.15) is 0 Å². The van der Waals surface area contributed by atoms with Gasteiger partial charge in [0.15, 0.2) is 0 Å². The van der Waals surface area contributed by atoms with Crippen LogP contribution in [0.15, 0.2) is 12.1 Å². The molecule has 1 rings (SSSR count). The molecule has 0 aliphatic rings. The zero-order chi connectivity index (χ0) is 10.0. The third-order valence-electron chi connectivity index (χ3n) is 1.65. The molecule has 1 aromatic carbocycles. The average molecular weight is 277 g/mol. The average Bonchev–Trinajstić information content (AvgIpc) is 2.12. The maximum absolute atomic E-state index is 8.84. The van der Waals surface area contributed by atoms with Gasteiger partial charge in [-0.15, -0.1) is 12.4 Å². The van der Waals surface area contributed by atoms with E-state index in [1.165, 1.54) is 0 Å². The summed E-state index contributed by atoms with van der Waals surface area (Å²) in [4.78, 5) is 0. The van der Waals surface area contributed by atoms with E-state index >= 15 is 0 Å². The molecule has 0 aliphatic heterocycles. The van der Waals surface area contributed by atoms with Gasteiger partial charge >= 0.3 is 0 Å². The van der Waals surface area contributed by atoms with Crippen molar-refractivity contribution in [2.45, 2.75) is 6.04 Å². The molecule has 0 fully saturated rings. The molecule has 0 heterocycles. The van der Waals surface area contributed by atoms with Crippen LogP contribution in [0.2, 0.25) is 15.1 Å². The standard InChI is InChI=1S/C8H8Cl3NO.ClH/c9-4-1-2-5(10)8(11)7(4)6(12)3-13;/h1-2,6,13H,3,12H2;1H/t6-;/m0./s1. The summed E-state index contributed by atoms with van der Waals surface area (Å²) in [5.41, 5.74) is 6.07. The molecule has 0 saturated carbocycles. The van der Waals surface area contributed by atoms with Gasteiger partial charge in [-0.25, -0.2) is 0 Å². The first-order valence-electron chi connectivity index (χ1n) is 3.57. The van der Waals surface area contributed by atoms with Crippen molar-refractivity contribution < 1.29 is 5.11 Å². The highest BCUT2D eigenvalue weighted by Crippen LogP contribution is 2.34. The lowest BCUT2D eigenvalue weighted by molar-refractivity contribution is 0.268. The number of aliphatic hydroxyl groups is 1. The van der Waals surface area contributed by atoms with E-state index in [0.717, 1.165) is 0 Å². The minimum atomic E-state index is -0.598. The monoisotopic (exact) mass is 275 g/mol. The van der Waals surface area contributed by atoms with Gasteiger partial charge in [0.25, 0.3) is 0 Å². The molecule has 1 aromatic rings. The minimum absolute atomic E-state index is 0. The normalized spacial score (nSPS) is 12.1. The molecule has 0 spiro atoms. The molecule has 0 radical (unpaired) electrons. The number of halogens is 4. The van der Waals surface area contributed by atoms with Crippen molar-refractivity contribution in [2.24, 2.45) is 5.73 Å². The first-order valence-corrected chi connectivity index (χ1v) is 4.71. The molecule has 80 valence electrons. The number of aliphatic hydroxyl groups excluding tert-OH is 1. The van der Waals surface area contributed by atoms with Crippen molar-refractivity contribution in [3.05, 3.63) is 32.8 Å². The van der Waals surface area contributed by atoms with Gasteiger partial charge in [-0.05, 0) is 12.1 Å². The van der Waals surface area contributed by atoms with Gasteiger partial charge in [-0.1, -0.05) is 34.8 Å². The Balaban J connectivity index is 0.00000169. The molecule has 0 aliphatic carbocycles. The molecular formula is C8H9Cl4NO. The van der Waals surface area contributed by atoms with E-state index < -0.39 is 6.04 Å². The van der Waals surface area contributed by atoms with Gasteiger partial charge in [0.2, 0.25) is 0 Å². The summed E-state index contributed by atoms with van der Waals surface area (Å²) in [5, 5.41) is 9.94. The van der Waals surface area contributed by atoms with Gasteiger partial charge in [-0.3, -0.25) is 0 Å². The first-order chi connectivity index (χ1) is 6.07. The number of hydrogen-bond acceptors (Lipinski definition) is 2. The molecule has 2 nitrogen and oxygen atoms in total. The van der Waals surface area contributed by atoms with E-state index in [1.807, 2.05) is 0 Å². The first kappa shape index (κ1) is 14.3. The van der Waals surface area contributed by atoms with Crippen molar-refractivity contribution in [1.29, 1.82) is 0 Å². The lowest BCUT2D eigenvalue weighted by Crippen LogP contribution is -2.15. The highest BCUT2D eigenvalue weighted by Gasteiger charge is 2.15.